The summed E-state index contributed by atoms with van der Waals surface area (Å²) in [5.74, 6) is 7.25. The van der Waals surface area contributed by atoms with E-state index in [1.54, 1.807) is 6.21 Å². The van der Waals surface area contributed by atoms with Crippen LogP contribution in [0.15, 0.2) is 53.6 Å². The van der Waals surface area contributed by atoms with Gasteiger partial charge in [0.15, 0.2) is 0 Å². The van der Waals surface area contributed by atoms with Crippen LogP contribution in [0.2, 0.25) is 0 Å². The zero-order valence-electron chi connectivity index (χ0n) is 11.2. The zero-order valence-corrected chi connectivity index (χ0v) is 11.2. The number of rotatable bonds is 4. The summed E-state index contributed by atoms with van der Waals surface area (Å²) in [4.78, 5) is 0. The van der Waals surface area contributed by atoms with Crippen molar-refractivity contribution in [1.82, 2.24) is 0 Å². The fraction of sp³-hybridized carbons (Fsp3) is 0.188. The molecule has 2 N–H and O–H groups in total. The van der Waals surface area contributed by atoms with E-state index in [4.69, 9.17) is 10.6 Å². The first-order valence-electron chi connectivity index (χ1n) is 6.31. The van der Waals surface area contributed by atoms with Crippen molar-refractivity contribution in [3.05, 3.63) is 59.7 Å². The number of hydrogen-bond acceptors (Lipinski definition) is 3. The van der Waals surface area contributed by atoms with Gasteiger partial charge in [-0.3, -0.25) is 0 Å². The van der Waals surface area contributed by atoms with Crippen LogP contribution in [-0.4, -0.2) is 6.21 Å². The highest BCUT2D eigenvalue weighted by atomic mass is 16.5. The highest BCUT2D eigenvalue weighted by Crippen LogP contribution is 2.31. The quantitative estimate of drug-likeness (QED) is 0.511. The fourth-order valence-corrected chi connectivity index (χ4v) is 1.93. The molecule has 0 amide bonds. The van der Waals surface area contributed by atoms with E-state index in [0.717, 1.165) is 17.1 Å². The van der Waals surface area contributed by atoms with Gasteiger partial charge in [0.2, 0.25) is 0 Å². The Labute approximate surface area is 113 Å². The van der Waals surface area contributed by atoms with Crippen molar-refractivity contribution >= 4 is 6.21 Å². The van der Waals surface area contributed by atoms with Crippen LogP contribution in [0.25, 0.3) is 0 Å². The largest absolute Gasteiger partial charge is 0.456 e. The second kappa shape index (κ2) is 6.05. The molecule has 98 valence electrons. The molecule has 0 aliphatic rings. The van der Waals surface area contributed by atoms with Gasteiger partial charge in [-0.05, 0) is 29.7 Å². The van der Waals surface area contributed by atoms with E-state index in [0.29, 0.717) is 5.92 Å². The lowest BCUT2D eigenvalue weighted by Crippen LogP contribution is -1.96. The summed E-state index contributed by atoms with van der Waals surface area (Å²) in [6, 6.07) is 15.7. The van der Waals surface area contributed by atoms with E-state index >= 15 is 0 Å². The molecule has 0 unspecified atom stereocenters. The molecule has 0 atom stereocenters. The average Bonchev–Trinajstić information content (AvgIpc) is 2.42. The molecular weight excluding hydrogens is 236 g/mol. The van der Waals surface area contributed by atoms with Crippen LogP contribution in [0.5, 0.6) is 11.5 Å². The van der Waals surface area contributed by atoms with Gasteiger partial charge < -0.3 is 10.6 Å². The number of para-hydroxylation sites is 2. The summed E-state index contributed by atoms with van der Waals surface area (Å²) < 4.78 is 6.01. The minimum atomic E-state index is 0.409. The highest BCUT2D eigenvalue weighted by molar-refractivity contribution is 5.83. The molecule has 19 heavy (non-hydrogen) atoms. The molecule has 0 saturated carbocycles. The van der Waals surface area contributed by atoms with Gasteiger partial charge in [0.25, 0.3) is 0 Å². The van der Waals surface area contributed by atoms with E-state index in [2.05, 4.69) is 25.0 Å². The zero-order chi connectivity index (χ0) is 13.7. The van der Waals surface area contributed by atoms with Crippen LogP contribution in [0, 0.1) is 0 Å². The van der Waals surface area contributed by atoms with Crippen molar-refractivity contribution in [2.24, 2.45) is 10.9 Å². The first-order valence-corrected chi connectivity index (χ1v) is 6.31. The molecule has 0 aliphatic heterocycles. The number of nitrogens with two attached hydrogens (primary N) is 1. The van der Waals surface area contributed by atoms with Crippen molar-refractivity contribution in [2.45, 2.75) is 19.8 Å². The summed E-state index contributed by atoms with van der Waals surface area (Å²) in [5.41, 5.74) is 2.05. The molecule has 3 nitrogen and oxygen atoms in total. The number of hydrazone groups is 1. The molecule has 0 aliphatic carbocycles. The molecule has 3 heteroatoms. The molecule has 2 aromatic rings. The maximum Gasteiger partial charge on any atom is 0.136 e. The van der Waals surface area contributed by atoms with Crippen LogP contribution in [0.4, 0.5) is 0 Å². The smallest absolute Gasteiger partial charge is 0.136 e. The molecular formula is C16H18N2O. The van der Waals surface area contributed by atoms with Crippen molar-refractivity contribution in [2.75, 3.05) is 0 Å². The lowest BCUT2D eigenvalue weighted by atomic mass is 10.0. The number of benzene rings is 2. The normalized spacial score (nSPS) is 11.1. The minimum absolute atomic E-state index is 0.409. The monoisotopic (exact) mass is 254 g/mol. The third-order valence-corrected chi connectivity index (χ3v) is 2.89. The minimum Gasteiger partial charge on any atom is -0.456 e. The molecule has 0 bridgehead atoms. The van der Waals surface area contributed by atoms with E-state index in [9.17, 15) is 0 Å². The summed E-state index contributed by atoms with van der Waals surface area (Å²) in [6.07, 6.45) is 1.59. The van der Waals surface area contributed by atoms with Gasteiger partial charge in [-0.15, -0.1) is 0 Å². The topological polar surface area (TPSA) is 47.6 Å². The summed E-state index contributed by atoms with van der Waals surface area (Å²) in [7, 11) is 0. The number of nitrogens with zero attached hydrogens (tertiary/aromatic N) is 1. The Morgan fingerprint density at radius 1 is 1.00 bits per heavy atom. The van der Waals surface area contributed by atoms with Crippen molar-refractivity contribution in [3.63, 3.8) is 0 Å². The number of ether oxygens (including phenoxy) is 1. The van der Waals surface area contributed by atoms with Crippen LogP contribution < -0.4 is 10.6 Å². The Kier molecular flexibility index (Phi) is 4.18. The van der Waals surface area contributed by atoms with Gasteiger partial charge in [0.1, 0.15) is 11.5 Å². The van der Waals surface area contributed by atoms with Crippen molar-refractivity contribution < 1.29 is 4.74 Å². The standard InChI is InChI=1S/C16H18N2O/c1-12(2)14-8-4-6-10-16(14)19-15-9-5-3-7-13(15)11-18-17/h3-12H,17H2,1-2H3. The predicted octanol–water partition coefficient (Wildman–Crippen LogP) is 3.89. The van der Waals surface area contributed by atoms with Gasteiger partial charge >= 0.3 is 0 Å². The Balaban J connectivity index is 2.36. The lowest BCUT2D eigenvalue weighted by Gasteiger charge is -2.14. The highest BCUT2D eigenvalue weighted by Gasteiger charge is 2.09. The van der Waals surface area contributed by atoms with Gasteiger partial charge in [-0.25, -0.2) is 0 Å². The SMILES string of the molecule is CC(C)c1ccccc1Oc1ccccc1C=NN. The van der Waals surface area contributed by atoms with Gasteiger partial charge in [0, 0.05) is 5.56 Å². The fourth-order valence-electron chi connectivity index (χ4n) is 1.93. The summed E-state index contributed by atoms with van der Waals surface area (Å²) in [5, 5.41) is 3.56. The third-order valence-electron chi connectivity index (χ3n) is 2.89. The van der Waals surface area contributed by atoms with Gasteiger partial charge in [-0.2, -0.15) is 5.10 Å². The second-order valence-electron chi connectivity index (χ2n) is 4.61. The number of hydrogen-bond donors (Lipinski definition) is 1. The predicted molar refractivity (Wildman–Crippen MR) is 78.8 cm³/mol. The maximum absolute atomic E-state index is 6.01. The van der Waals surface area contributed by atoms with E-state index in [1.807, 2.05) is 42.5 Å². The lowest BCUT2D eigenvalue weighted by molar-refractivity contribution is 0.472. The summed E-state index contributed by atoms with van der Waals surface area (Å²) in [6.45, 7) is 4.30. The van der Waals surface area contributed by atoms with E-state index in [-0.39, 0.29) is 0 Å². The Hall–Kier alpha value is -2.29. The molecule has 0 radical (unpaired) electrons. The van der Waals surface area contributed by atoms with Gasteiger partial charge in [0.05, 0.1) is 6.21 Å². The molecule has 0 saturated heterocycles. The Bertz CT molecular complexity index is 576. The molecule has 0 aromatic heterocycles. The average molecular weight is 254 g/mol. The molecule has 2 aromatic carbocycles. The van der Waals surface area contributed by atoms with Crippen LogP contribution in [0.1, 0.15) is 30.9 Å². The van der Waals surface area contributed by atoms with Crippen molar-refractivity contribution in [1.29, 1.82) is 0 Å². The summed E-state index contributed by atoms with van der Waals surface area (Å²) >= 11 is 0. The second-order valence-corrected chi connectivity index (χ2v) is 4.61. The van der Waals surface area contributed by atoms with Crippen LogP contribution >= 0.6 is 0 Å². The van der Waals surface area contributed by atoms with Crippen LogP contribution in [-0.2, 0) is 0 Å². The van der Waals surface area contributed by atoms with Crippen LogP contribution in [0.3, 0.4) is 0 Å². The first kappa shape index (κ1) is 13.1. The first-order chi connectivity index (χ1) is 9.22. The Morgan fingerprint density at radius 2 is 1.63 bits per heavy atom. The van der Waals surface area contributed by atoms with E-state index in [1.165, 1.54) is 5.56 Å². The maximum atomic E-state index is 6.01. The van der Waals surface area contributed by atoms with E-state index < -0.39 is 0 Å². The molecule has 0 fully saturated rings. The van der Waals surface area contributed by atoms with Gasteiger partial charge in [-0.1, -0.05) is 44.2 Å². The van der Waals surface area contributed by atoms with Crippen molar-refractivity contribution in [3.8, 4) is 11.5 Å². The third kappa shape index (κ3) is 3.13. The molecule has 0 spiro atoms. The molecule has 2 rings (SSSR count). The molecule has 0 heterocycles. The Morgan fingerprint density at radius 3 is 2.32 bits per heavy atom.